The molecule has 0 spiro atoms. The van der Waals surface area contributed by atoms with Gasteiger partial charge >= 0.3 is 0 Å². The van der Waals surface area contributed by atoms with Gasteiger partial charge in [-0.05, 0) is 80.3 Å². The molecule has 1 aliphatic rings. The fraction of sp³-hybridized carbons (Fsp3) is 0.200. The van der Waals surface area contributed by atoms with Crippen LogP contribution in [0.3, 0.4) is 0 Å². The summed E-state index contributed by atoms with van der Waals surface area (Å²) in [5.41, 5.74) is 3.41. The number of pyridine rings is 1. The molecule has 5 heteroatoms. The fourth-order valence-electron chi connectivity index (χ4n) is 3.29. The smallest absolute Gasteiger partial charge is 0.161 e. The quantitative estimate of drug-likeness (QED) is 0.370. The monoisotopic (exact) mass is 398 g/mol. The van der Waals surface area contributed by atoms with E-state index in [1.54, 1.807) is 17.6 Å². The number of rotatable bonds is 7. The lowest BCUT2D eigenvalue weighted by Gasteiger charge is -2.09. The van der Waals surface area contributed by atoms with Crippen molar-refractivity contribution in [3.63, 3.8) is 0 Å². The molecule has 2 aromatic heterocycles. The maximum Gasteiger partial charge on any atom is 0.161 e. The van der Waals surface area contributed by atoms with E-state index < -0.39 is 0 Å². The highest BCUT2D eigenvalue weighted by molar-refractivity contribution is 5.94. The standard InChI is InChI=1S/C25H22N2O3/c1-17(28)20-7-10-21-13-25(26-27(21)15-20)19-8-11-22(12-9-19)30-24-4-2-3-23(14-24)29-16-18-5-6-18/h2-4,7-15,18H,5-6,16H2,1H3. The first-order chi connectivity index (χ1) is 14.6. The van der Waals surface area contributed by atoms with Crippen LogP contribution in [-0.2, 0) is 0 Å². The van der Waals surface area contributed by atoms with Crippen LogP contribution in [0.4, 0.5) is 0 Å². The van der Waals surface area contributed by atoms with E-state index in [0.717, 1.165) is 46.5 Å². The van der Waals surface area contributed by atoms with Crippen LogP contribution in [0.25, 0.3) is 16.8 Å². The number of Topliss-reactive ketones (excluding diaryl/α,β-unsaturated/α-hetero) is 1. The number of hydrogen-bond donors (Lipinski definition) is 0. The van der Waals surface area contributed by atoms with Gasteiger partial charge in [-0.1, -0.05) is 6.07 Å². The largest absolute Gasteiger partial charge is 0.493 e. The molecule has 1 saturated carbocycles. The summed E-state index contributed by atoms with van der Waals surface area (Å²) in [6.07, 6.45) is 4.30. The molecule has 2 heterocycles. The van der Waals surface area contributed by atoms with E-state index in [2.05, 4.69) is 5.10 Å². The Morgan fingerprint density at radius 3 is 2.57 bits per heavy atom. The number of carbonyl (C=O) groups excluding carboxylic acids is 1. The van der Waals surface area contributed by atoms with Crippen LogP contribution in [0.2, 0.25) is 0 Å². The van der Waals surface area contributed by atoms with Crippen LogP contribution in [0, 0.1) is 5.92 Å². The van der Waals surface area contributed by atoms with Crippen molar-refractivity contribution in [1.29, 1.82) is 0 Å². The second-order valence-corrected chi connectivity index (χ2v) is 7.73. The van der Waals surface area contributed by atoms with Crippen molar-refractivity contribution in [2.24, 2.45) is 5.92 Å². The van der Waals surface area contributed by atoms with E-state index in [-0.39, 0.29) is 5.78 Å². The van der Waals surface area contributed by atoms with E-state index in [1.165, 1.54) is 12.8 Å². The molecule has 0 amide bonds. The van der Waals surface area contributed by atoms with Gasteiger partial charge in [0, 0.05) is 23.4 Å². The van der Waals surface area contributed by atoms with Crippen LogP contribution in [0.5, 0.6) is 17.2 Å². The average molecular weight is 398 g/mol. The van der Waals surface area contributed by atoms with Crippen LogP contribution < -0.4 is 9.47 Å². The van der Waals surface area contributed by atoms with E-state index >= 15 is 0 Å². The summed E-state index contributed by atoms with van der Waals surface area (Å²) in [6.45, 7) is 2.34. The van der Waals surface area contributed by atoms with E-state index in [0.29, 0.717) is 5.56 Å². The maximum absolute atomic E-state index is 11.6. The molecule has 5 rings (SSSR count). The van der Waals surface area contributed by atoms with E-state index in [1.807, 2.05) is 66.7 Å². The lowest BCUT2D eigenvalue weighted by Crippen LogP contribution is -1.98. The summed E-state index contributed by atoms with van der Waals surface area (Å²) in [5.74, 6) is 3.08. The second kappa shape index (κ2) is 7.67. The summed E-state index contributed by atoms with van der Waals surface area (Å²) >= 11 is 0. The van der Waals surface area contributed by atoms with Crippen molar-refractivity contribution in [3.8, 4) is 28.5 Å². The highest BCUT2D eigenvalue weighted by Gasteiger charge is 2.21. The minimum atomic E-state index is 0.0254. The molecular weight excluding hydrogens is 376 g/mol. The molecule has 0 N–H and O–H groups in total. The molecule has 2 aromatic carbocycles. The van der Waals surface area contributed by atoms with Gasteiger partial charge in [-0.3, -0.25) is 4.79 Å². The molecule has 30 heavy (non-hydrogen) atoms. The zero-order valence-electron chi connectivity index (χ0n) is 16.7. The number of nitrogens with zero attached hydrogens (tertiary/aromatic N) is 2. The normalized spacial score (nSPS) is 13.4. The first-order valence-corrected chi connectivity index (χ1v) is 10.2. The third-order valence-corrected chi connectivity index (χ3v) is 5.24. The number of ether oxygens (including phenoxy) is 2. The summed E-state index contributed by atoms with van der Waals surface area (Å²) in [7, 11) is 0. The summed E-state index contributed by atoms with van der Waals surface area (Å²) in [6, 6.07) is 21.3. The minimum Gasteiger partial charge on any atom is -0.493 e. The Balaban J connectivity index is 1.31. The molecule has 4 aromatic rings. The number of fused-ring (bicyclic) bond motifs is 1. The van der Waals surface area contributed by atoms with E-state index in [9.17, 15) is 4.79 Å². The molecule has 1 fully saturated rings. The zero-order chi connectivity index (χ0) is 20.5. The van der Waals surface area contributed by atoms with Crippen molar-refractivity contribution >= 4 is 11.3 Å². The third-order valence-electron chi connectivity index (χ3n) is 5.24. The van der Waals surface area contributed by atoms with Gasteiger partial charge in [0.05, 0.1) is 17.8 Å². The van der Waals surface area contributed by atoms with Crippen LogP contribution in [0.1, 0.15) is 30.1 Å². The van der Waals surface area contributed by atoms with Crippen LogP contribution in [-0.4, -0.2) is 22.0 Å². The Kier molecular flexibility index (Phi) is 4.71. The van der Waals surface area contributed by atoms with Gasteiger partial charge < -0.3 is 9.47 Å². The molecule has 0 unspecified atom stereocenters. The molecule has 150 valence electrons. The third kappa shape index (κ3) is 4.06. The van der Waals surface area contributed by atoms with Gasteiger partial charge in [-0.2, -0.15) is 5.10 Å². The summed E-state index contributed by atoms with van der Waals surface area (Å²) in [4.78, 5) is 11.6. The maximum atomic E-state index is 11.6. The Morgan fingerprint density at radius 1 is 1.00 bits per heavy atom. The summed E-state index contributed by atoms with van der Waals surface area (Å²) in [5, 5.41) is 4.60. The Labute approximate surface area is 174 Å². The van der Waals surface area contributed by atoms with Gasteiger partial charge in [0.15, 0.2) is 5.78 Å². The molecule has 0 aliphatic heterocycles. The summed E-state index contributed by atoms with van der Waals surface area (Å²) < 4.78 is 13.6. The van der Waals surface area contributed by atoms with Gasteiger partial charge in [-0.15, -0.1) is 0 Å². The van der Waals surface area contributed by atoms with Crippen LogP contribution >= 0.6 is 0 Å². The number of ketones is 1. The van der Waals surface area contributed by atoms with Gasteiger partial charge in [0.25, 0.3) is 0 Å². The van der Waals surface area contributed by atoms with Crippen molar-refractivity contribution < 1.29 is 14.3 Å². The highest BCUT2D eigenvalue weighted by Crippen LogP contribution is 2.31. The number of benzene rings is 2. The number of hydrogen-bond acceptors (Lipinski definition) is 4. The van der Waals surface area contributed by atoms with Crippen molar-refractivity contribution in [2.45, 2.75) is 19.8 Å². The first-order valence-electron chi connectivity index (χ1n) is 10.2. The number of carbonyl (C=O) groups is 1. The topological polar surface area (TPSA) is 52.8 Å². The Hall–Kier alpha value is -3.60. The molecule has 0 radical (unpaired) electrons. The second-order valence-electron chi connectivity index (χ2n) is 7.73. The molecule has 0 atom stereocenters. The molecule has 5 nitrogen and oxygen atoms in total. The Morgan fingerprint density at radius 2 is 1.80 bits per heavy atom. The SMILES string of the molecule is CC(=O)c1ccc2cc(-c3ccc(Oc4cccc(OCC5CC5)c4)cc3)nn2c1. The predicted molar refractivity (Wildman–Crippen MR) is 115 cm³/mol. The number of aromatic nitrogens is 2. The fourth-order valence-corrected chi connectivity index (χ4v) is 3.29. The van der Waals surface area contributed by atoms with Crippen molar-refractivity contribution in [3.05, 3.63) is 78.5 Å². The van der Waals surface area contributed by atoms with Crippen LogP contribution in [0.15, 0.2) is 72.9 Å². The van der Waals surface area contributed by atoms with E-state index in [4.69, 9.17) is 9.47 Å². The van der Waals surface area contributed by atoms with Crippen molar-refractivity contribution in [2.75, 3.05) is 6.61 Å². The Bertz CT molecular complexity index is 1210. The van der Waals surface area contributed by atoms with Gasteiger partial charge in [0.2, 0.25) is 0 Å². The molecule has 0 saturated heterocycles. The highest BCUT2D eigenvalue weighted by atomic mass is 16.5. The zero-order valence-corrected chi connectivity index (χ0v) is 16.7. The predicted octanol–water partition coefficient (Wildman–Crippen LogP) is 5.79. The van der Waals surface area contributed by atoms with Gasteiger partial charge in [-0.25, -0.2) is 4.52 Å². The average Bonchev–Trinajstić information content (AvgIpc) is 3.49. The lowest BCUT2D eigenvalue weighted by molar-refractivity contribution is 0.101. The van der Waals surface area contributed by atoms with Crippen molar-refractivity contribution in [1.82, 2.24) is 9.61 Å². The lowest BCUT2D eigenvalue weighted by atomic mass is 10.1. The molecule has 1 aliphatic carbocycles. The van der Waals surface area contributed by atoms with Gasteiger partial charge in [0.1, 0.15) is 17.2 Å². The first kappa shape index (κ1) is 18.4. The molecule has 0 bridgehead atoms. The minimum absolute atomic E-state index is 0.0254. The molecular formula is C25H22N2O3.